The fourth-order valence-electron chi connectivity index (χ4n) is 2.74. The maximum Gasteiger partial charge on any atom is 0.323 e. The molecule has 0 fully saturated rings. The first-order valence-electron chi connectivity index (χ1n) is 7.57. The first-order valence-corrected chi connectivity index (χ1v) is 8.39. The van der Waals surface area contributed by atoms with E-state index in [0.717, 1.165) is 15.9 Å². The molecule has 0 bridgehead atoms. The van der Waals surface area contributed by atoms with Crippen LogP contribution in [0.2, 0.25) is 0 Å². The van der Waals surface area contributed by atoms with E-state index < -0.39 is 29.8 Å². The Morgan fingerprint density at radius 2 is 2.04 bits per heavy atom. The number of fused-ring (bicyclic) bond motifs is 1. The van der Waals surface area contributed by atoms with Gasteiger partial charge in [0, 0.05) is 6.42 Å². The lowest BCUT2D eigenvalue weighted by Gasteiger charge is -2.11. The van der Waals surface area contributed by atoms with Gasteiger partial charge >= 0.3 is 5.97 Å². The van der Waals surface area contributed by atoms with Crippen molar-refractivity contribution in [3.8, 4) is 0 Å². The van der Waals surface area contributed by atoms with E-state index >= 15 is 0 Å². The van der Waals surface area contributed by atoms with Gasteiger partial charge in [0.05, 0.1) is 10.3 Å². The Balaban J connectivity index is 2.26. The van der Waals surface area contributed by atoms with Crippen molar-refractivity contribution >= 4 is 33.4 Å². The van der Waals surface area contributed by atoms with Crippen molar-refractivity contribution in [2.75, 3.05) is 0 Å². The fraction of sp³-hybridized carbons (Fsp3) is 0.176. The lowest BCUT2D eigenvalue weighted by molar-refractivity contribution is -0.137. The number of aromatic nitrogens is 2. The Morgan fingerprint density at radius 1 is 1.35 bits per heavy atom. The molecule has 0 saturated heterocycles. The Kier molecular flexibility index (Phi) is 4.56. The minimum atomic E-state index is -1.23. The minimum Gasteiger partial charge on any atom is -0.480 e. The number of benzene rings is 1. The number of halogens is 1. The third-order valence-corrected chi connectivity index (χ3v) is 5.15. The molecule has 0 spiro atoms. The zero-order valence-electron chi connectivity index (χ0n) is 13.7. The molecule has 2 aromatic heterocycles. The van der Waals surface area contributed by atoms with Gasteiger partial charge in [0.25, 0.3) is 11.5 Å². The van der Waals surface area contributed by atoms with E-state index in [9.17, 15) is 18.8 Å². The SMILES string of the molecule is Cc1c(C(N)=O)sc2nc(Cc3ccccc3F)n(CC(=O)O)c(=O)c12. The van der Waals surface area contributed by atoms with Crippen LogP contribution in [0.15, 0.2) is 29.1 Å². The second-order valence-corrected chi connectivity index (χ2v) is 6.68. The van der Waals surface area contributed by atoms with Crippen LogP contribution in [-0.4, -0.2) is 26.5 Å². The molecule has 2 heterocycles. The van der Waals surface area contributed by atoms with Crippen molar-refractivity contribution in [2.24, 2.45) is 5.73 Å². The van der Waals surface area contributed by atoms with E-state index in [4.69, 9.17) is 10.8 Å². The zero-order valence-corrected chi connectivity index (χ0v) is 14.5. The Bertz CT molecular complexity index is 1100. The molecule has 0 aliphatic rings. The number of aliphatic carboxylic acids is 1. The van der Waals surface area contributed by atoms with E-state index in [-0.39, 0.29) is 32.9 Å². The van der Waals surface area contributed by atoms with Crippen molar-refractivity contribution < 1.29 is 19.1 Å². The van der Waals surface area contributed by atoms with Gasteiger partial charge in [0.15, 0.2) is 0 Å². The summed E-state index contributed by atoms with van der Waals surface area (Å²) in [6.07, 6.45) is -0.0615. The first-order chi connectivity index (χ1) is 12.3. The molecule has 3 rings (SSSR count). The molecule has 1 amide bonds. The first kappa shape index (κ1) is 17.7. The van der Waals surface area contributed by atoms with E-state index in [1.165, 1.54) is 18.2 Å². The molecule has 26 heavy (non-hydrogen) atoms. The Hall–Kier alpha value is -3.07. The summed E-state index contributed by atoms with van der Waals surface area (Å²) < 4.78 is 15.0. The lowest BCUT2D eigenvalue weighted by Crippen LogP contribution is -2.29. The molecule has 1 aromatic carbocycles. The van der Waals surface area contributed by atoms with Crippen LogP contribution in [0.4, 0.5) is 4.39 Å². The fourth-order valence-corrected chi connectivity index (χ4v) is 3.78. The number of thiophene rings is 1. The largest absolute Gasteiger partial charge is 0.480 e. The topological polar surface area (TPSA) is 115 Å². The number of rotatable bonds is 5. The van der Waals surface area contributed by atoms with Gasteiger partial charge in [0.1, 0.15) is 23.0 Å². The molecule has 0 saturated carbocycles. The molecule has 0 radical (unpaired) electrons. The molecule has 0 unspecified atom stereocenters. The number of hydrogen-bond acceptors (Lipinski definition) is 5. The Morgan fingerprint density at radius 3 is 2.65 bits per heavy atom. The third-order valence-electron chi connectivity index (χ3n) is 3.95. The van der Waals surface area contributed by atoms with Crippen LogP contribution in [0, 0.1) is 12.7 Å². The average molecular weight is 375 g/mol. The van der Waals surface area contributed by atoms with Crippen LogP contribution in [0.1, 0.15) is 26.6 Å². The van der Waals surface area contributed by atoms with E-state index in [0.29, 0.717) is 5.56 Å². The number of carbonyl (C=O) groups is 2. The Labute approximate surface area is 150 Å². The van der Waals surface area contributed by atoms with Crippen molar-refractivity contribution in [3.05, 3.63) is 62.3 Å². The zero-order chi connectivity index (χ0) is 19.0. The van der Waals surface area contributed by atoms with Gasteiger partial charge in [0.2, 0.25) is 0 Å². The van der Waals surface area contributed by atoms with Crippen molar-refractivity contribution in [1.82, 2.24) is 9.55 Å². The number of nitrogens with zero attached hydrogens (tertiary/aromatic N) is 2. The van der Waals surface area contributed by atoms with Gasteiger partial charge in [-0.15, -0.1) is 11.3 Å². The highest BCUT2D eigenvalue weighted by Gasteiger charge is 2.21. The normalized spacial score (nSPS) is 11.0. The molecule has 3 aromatic rings. The average Bonchev–Trinajstić information content (AvgIpc) is 2.90. The number of primary amides is 1. The minimum absolute atomic E-state index is 0.0615. The van der Waals surface area contributed by atoms with Crippen LogP contribution < -0.4 is 11.3 Å². The summed E-state index contributed by atoms with van der Waals surface area (Å²) in [5, 5.41) is 9.29. The number of carboxylic acids is 1. The third kappa shape index (κ3) is 3.08. The number of aryl methyl sites for hydroxylation is 1. The maximum absolute atomic E-state index is 14.0. The highest BCUT2D eigenvalue weighted by Crippen LogP contribution is 2.27. The molecular formula is C17H14FN3O4S. The predicted octanol–water partition coefficient (Wildman–Crippen LogP) is 1.68. The number of hydrogen-bond donors (Lipinski definition) is 2. The quantitative estimate of drug-likeness (QED) is 0.704. The van der Waals surface area contributed by atoms with Gasteiger partial charge < -0.3 is 10.8 Å². The van der Waals surface area contributed by atoms with Crippen LogP contribution in [0.3, 0.4) is 0 Å². The molecule has 0 aliphatic heterocycles. The summed E-state index contributed by atoms with van der Waals surface area (Å²) in [7, 11) is 0. The number of carbonyl (C=O) groups excluding carboxylic acids is 1. The standard InChI is InChI=1S/C17H14FN3O4S/c1-8-13-16(26-14(8)15(19)24)20-11(21(17(13)25)7-12(22)23)6-9-4-2-3-5-10(9)18/h2-5H,6-7H2,1H3,(H2,19,24)(H,22,23). The predicted molar refractivity (Wildman–Crippen MR) is 94.0 cm³/mol. The molecule has 134 valence electrons. The van der Waals surface area contributed by atoms with Crippen molar-refractivity contribution in [2.45, 2.75) is 19.9 Å². The second-order valence-electron chi connectivity index (χ2n) is 5.68. The molecule has 9 heteroatoms. The van der Waals surface area contributed by atoms with Gasteiger partial charge in [-0.1, -0.05) is 18.2 Å². The lowest BCUT2D eigenvalue weighted by atomic mass is 10.1. The van der Waals surface area contributed by atoms with Crippen molar-refractivity contribution in [1.29, 1.82) is 0 Å². The summed E-state index contributed by atoms with van der Waals surface area (Å²) in [4.78, 5) is 40.4. The van der Waals surface area contributed by atoms with Crippen LogP contribution in [0.5, 0.6) is 0 Å². The summed E-state index contributed by atoms with van der Waals surface area (Å²) >= 11 is 0.963. The number of nitrogens with two attached hydrogens (primary N) is 1. The molecular weight excluding hydrogens is 361 g/mol. The summed E-state index contributed by atoms with van der Waals surface area (Å²) in [6, 6.07) is 5.97. The van der Waals surface area contributed by atoms with Gasteiger partial charge in [-0.3, -0.25) is 19.0 Å². The second kappa shape index (κ2) is 6.68. The van der Waals surface area contributed by atoms with Gasteiger partial charge in [-0.05, 0) is 24.1 Å². The van der Waals surface area contributed by atoms with Crippen LogP contribution in [0.25, 0.3) is 10.2 Å². The summed E-state index contributed by atoms with van der Waals surface area (Å²) in [5.41, 5.74) is 5.37. The van der Waals surface area contributed by atoms with Gasteiger partial charge in [-0.2, -0.15) is 0 Å². The maximum atomic E-state index is 14.0. The monoisotopic (exact) mass is 375 g/mol. The van der Waals surface area contributed by atoms with Crippen molar-refractivity contribution in [3.63, 3.8) is 0 Å². The summed E-state index contributed by atoms with van der Waals surface area (Å²) in [6.45, 7) is 0.941. The number of amides is 1. The van der Waals surface area contributed by atoms with E-state index in [1.54, 1.807) is 13.0 Å². The van der Waals surface area contributed by atoms with Gasteiger partial charge in [-0.25, -0.2) is 9.37 Å². The number of carboxylic acid groups (broad SMARTS) is 1. The highest BCUT2D eigenvalue weighted by atomic mass is 32.1. The summed E-state index contributed by atoms with van der Waals surface area (Å²) in [5.74, 6) is -2.30. The highest BCUT2D eigenvalue weighted by molar-refractivity contribution is 7.20. The van der Waals surface area contributed by atoms with Crippen LogP contribution in [-0.2, 0) is 17.8 Å². The molecule has 0 atom stereocenters. The molecule has 0 aliphatic carbocycles. The molecule has 7 nitrogen and oxygen atoms in total. The smallest absolute Gasteiger partial charge is 0.323 e. The molecule has 3 N–H and O–H groups in total. The van der Waals surface area contributed by atoms with E-state index in [2.05, 4.69) is 4.98 Å². The van der Waals surface area contributed by atoms with Crippen LogP contribution >= 0.6 is 11.3 Å². The van der Waals surface area contributed by atoms with E-state index in [1.807, 2.05) is 0 Å².